The molecular formula is C23H30N4O4. The Morgan fingerprint density at radius 1 is 1.39 bits per heavy atom. The average molecular weight is 427 g/mol. The number of hydrogen-bond acceptors (Lipinski definition) is 6. The molecule has 1 atom stereocenters. The molecule has 1 aromatic rings. The molecule has 0 bridgehead atoms. The molecular weight excluding hydrogens is 396 g/mol. The van der Waals surface area contributed by atoms with Crippen LogP contribution in [0, 0.1) is 11.8 Å². The SMILES string of the molecule is CC#CCN(C(=O)N(C)Cc1cccc(C(=O)OC)c1)/C(=C\C=O)N1CCCC(N)C1. The summed E-state index contributed by atoms with van der Waals surface area (Å²) in [7, 11) is 2.99. The van der Waals surface area contributed by atoms with Crippen LogP contribution < -0.4 is 5.73 Å². The summed E-state index contributed by atoms with van der Waals surface area (Å²) in [6.07, 6.45) is 3.85. The van der Waals surface area contributed by atoms with Crippen molar-refractivity contribution in [2.45, 2.75) is 32.4 Å². The second-order valence-corrected chi connectivity index (χ2v) is 7.35. The van der Waals surface area contributed by atoms with E-state index in [0.717, 1.165) is 18.4 Å². The van der Waals surface area contributed by atoms with Gasteiger partial charge in [-0.25, -0.2) is 9.59 Å². The first-order chi connectivity index (χ1) is 14.9. The third-order valence-corrected chi connectivity index (χ3v) is 5.01. The maximum atomic E-state index is 13.3. The molecule has 1 fully saturated rings. The smallest absolute Gasteiger partial charge is 0.337 e. The van der Waals surface area contributed by atoms with Crippen molar-refractivity contribution in [1.29, 1.82) is 0 Å². The minimum absolute atomic E-state index is 0.0168. The fourth-order valence-electron chi connectivity index (χ4n) is 3.51. The first kappa shape index (κ1) is 24.0. The van der Waals surface area contributed by atoms with Gasteiger partial charge in [0.05, 0.1) is 19.2 Å². The van der Waals surface area contributed by atoms with Crippen molar-refractivity contribution in [2.75, 3.05) is 33.8 Å². The maximum Gasteiger partial charge on any atom is 0.337 e. The van der Waals surface area contributed by atoms with E-state index in [1.807, 2.05) is 11.0 Å². The van der Waals surface area contributed by atoms with E-state index >= 15 is 0 Å². The van der Waals surface area contributed by atoms with Gasteiger partial charge in [-0.3, -0.25) is 9.69 Å². The summed E-state index contributed by atoms with van der Waals surface area (Å²) in [4.78, 5) is 41.5. The van der Waals surface area contributed by atoms with Crippen molar-refractivity contribution < 1.29 is 19.1 Å². The molecule has 31 heavy (non-hydrogen) atoms. The summed E-state index contributed by atoms with van der Waals surface area (Å²) in [6, 6.07) is 6.60. The molecule has 0 aliphatic carbocycles. The van der Waals surface area contributed by atoms with Crippen molar-refractivity contribution in [2.24, 2.45) is 5.73 Å². The predicted molar refractivity (Wildman–Crippen MR) is 118 cm³/mol. The molecule has 8 nitrogen and oxygen atoms in total. The van der Waals surface area contributed by atoms with Gasteiger partial charge in [-0.2, -0.15) is 0 Å². The van der Waals surface area contributed by atoms with E-state index in [0.29, 0.717) is 30.8 Å². The van der Waals surface area contributed by atoms with Crippen molar-refractivity contribution in [3.8, 4) is 11.8 Å². The number of amides is 2. The molecule has 1 saturated heterocycles. The molecule has 166 valence electrons. The molecule has 1 unspecified atom stereocenters. The molecule has 0 aromatic heterocycles. The largest absolute Gasteiger partial charge is 0.465 e. The number of methoxy groups -OCH3 is 1. The second kappa shape index (κ2) is 11.8. The molecule has 1 aliphatic rings. The number of hydrogen-bond donors (Lipinski definition) is 1. The molecule has 8 heteroatoms. The van der Waals surface area contributed by atoms with Gasteiger partial charge in [-0.1, -0.05) is 18.1 Å². The average Bonchev–Trinajstić information content (AvgIpc) is 2.77. The monoisotopic (exact) mass is 426 g/mol. The van der Waals surface area contributed by atoms with Crippen LogP contribution in [-0.2, 0) is 16.1 Å². The lowest BCUT2D eigenvalue weighted by Crippen LogP contribution is -2.50. The Morgan fingerprint density at radius 3 is 2.81 bits per heavy atom. The van der Waals surface area contributed by atoms with Crippen LogP contribution in [0.5, 0.6) is 0 Å². The Balaban J connectivity index is 2.26. The van der Waals surface area contributed by atoms with E-state index in [4.69, 9.17) is 10.5 Å². The molecule has 2 amide bonds. The standard InChI is InChI=1S/C23H30N4O4/c1-4-5-13-27(21(11-14-28)26-12-7-10-20(24)17-26)23(30)25(2)16-18-8-6-9-19(15-18)22(29)31-3/h6,8-9,11,14-15,20H,7,10,12-13,16-17,24H2,1-3H3/b21-11-. The fourth-order valence-corrected chi connectivity index (χ4v) is 3.51. The predicted octanol–water partition coefficient (Wildman–Crippen LogP) is 1.81. The van der Waals surface area contributed by atoms with Crippen molar-refractivity contribution in [3.05, 3.63) is 47.3 Å². The molecule has 0 radical (unpaired) electrons. The first-order valence-electron chi connectivity index (χ1n) is 10.2. The van der Waals surface area contributed by atoms with Crippen LogP contribution in [0.1, 0.15) is 35.7 Å². The van der Waals surface area contributed by atoms with Crippen molar-refractivity contribution in [3.63, 3.8) is 0 Å². The van der Waals surface area contributed by atoms with Gasteiger partial charge >= 0.3 is 12.0 Å². The number of rotatable bonds is 7. The summed E-state index contributed by atoms with van der Waals surface area (Å²) < 4.78 is 4.76. The van der Waals surface area contributed by atoms with Gasteiger partial charge in [0, 0.05) is 38.8 Å². The number of likely N-dealkylation sites (tertiary alicyclic amines) is 1. The highest BCUT2D eigenvalue weighted by molar-refractivity contribution is 5.89. The molecule has 1 heterocycles. The second-order valence-electron chi connectivity index (χ2n) is 7.35. The van der Waals surface area contributed by atoms with Crippen LogP contribution in [0.3, 0.4) is 0 Å². The number of benzene rings is 1. The Hall–Kier alpha value is -3.31. The van der Waals surface area contributed by atoms with Crippen molar-refractivity contribution >= 4 is 18.3 Å². The summed E-state index contributed by atoms with van der Waals surface area (Å²) in [5, 5.41) is 0. The lowest BCUT2D eigenvalue weighted by atomic mass is 10.1. The highest BCUT2D eigenvalue weighted by Crippen LogP contribution is 2.19. The molecule has 0 spiro atoms. The Labute approximate surface area is 183 Å². The fraction of sp³-hybridized carbons (Fsp3) is 0.435. The van der Waals surface area contributed by atoms with E-state index in [-0.39, 0.29) is 25.2 Å². The van der Waals surface area contributed by atoms with Crippen LogP contribution in [0.25, 0.3) is 0 Å². The number of urea groups is 1. The molecule has 2 rings (SSSR count). The summed E-state index contributed by atoms with van der Waals surface area (Å²) in [6.45, 7) is 3.39. The van der Waals surface area contributed by atoms with Crippen molar-refractivity contribution in [1.82, 2.24) is 14.7 Å². The Kier molecular flexibility index (Phi) is 9.10. The number of esters is 1. The minimum atomic E-state index is -0.437. The van der Waals surface area contributed by atoms with Crippen LogP contribution in [0.2, 0.25) is 0 Å². The highest BCUT2D eigenvalue weighted by atomic mass is 16.5. The maximum absolute atomic E-state index is 13.3. The van der Waals surface area contributed by atoms with Crippen LogP contribution in [-0.4, -0.2) is 72.8 Å². The summed E-state index contributed by atoms with van der Waals surface area (Å²) >= 11 is 0. The van der Waals surface area contributed by atoms with Gasteiger partial charge in [-0.15, -0.1) is 5.92 Å². The van der Waals surface area contributed by atoms with Gasteiger partial charge in [0.1, 0.15) is 12.1 Å². The first-order valence-corrected chi connectivity index (χ1v) is 10.2. The zero-order chi connectivity index (χ0) is 22.8. The van der Waals surface area contributed by atoms with E-state index in [9.17, 15) is 14.4 Å². The lowest BCUT2D eigenvalue weighted by molar-refractivity contribution is -0.104. The van der Waals surface area contributed by atoms with E-state index in [1.165, 1.54) is 23.0 Å². The van der Waals surface area contributed by atoms with Crippen LogP contribution >= 0.6 is 0 Å². The number of carbonyl (C=O) groups is 3. The number of piperidine rings is 1. The van der Waals surface area contributed by atoms with E-state index < -0.39 is 5.97 Å². The number of allylic oxidation sites excluding steroid dienone is 1. The van der Waals surface area contributed by atoms with Crippen LogP contribution in [0.4, 0.5) is 4.79 Å². The zero-order valence-electron chi connectivity index (χ0n) is 18.3. The van der Waals surface area contributed by atoms with Gasteiger partial charge in [0.15, 0.2) is 0 Å². The Morgan fingerprint density at radius 2 is 2.16 bits per heavy atom. The quantitative estimate of drug-likeness (QED) is 0.309. The molecule has 1 aliphatic heterocycles. The molecule has 2 N–H and O–H groups in total. The number of carbonyl (C=O) groups excluding carboxylic acids is 3. The lowest BCUT2D eigenvalue weighted by Gasteiger charge is -2.39. The molecule has 0 saturated carbocycles. The van der Waals surface area contributed by atoms with Gasteiger partial charge in [0.2, 0.25) is 0 Å². The normalized spacial score (nSPS) is 16.1. The summed E-state index contributed by atoms with van der Waals surface area (Å²) in [5.74, 6) is 5.78. The summed E-state index contributed by atoms with van der Waals surface area (Å²) in [5.41, 5.74) is 7.30. The third-order valence-electron chi connectivity index (χ3n) is 5.01. The number of nitrogens with zero attached hydrogens (tertiary/aromatic N) is 3. The van der Waals surface area contributed by atoms with E-state index in [1.54, 1.807) is 32.2 Å². The number of nitrogens with two attached hydrogens (primary N) is 1. The third kappa shape index (κ3) is 6.59. The van der Waals surface area contributed by atoms with Crippen LogP contribution in [0.15, 0.2) is 36.2 Å². The van der Waals surface area contributed by atoms with Gasteiger partial charge in [0.25, 0.3) is 0 Å². The van der Waals surface area contributed by atoms with Gasteiger partial charge < -0.3 is 20.3 Å². The topological polar surface area (TPSA) is 96.2 Å². The zero-order valence-corrected chi connectivity index (χ0v) is 18.3. The van der Waals surface area contributed by atoms with Gasteiger partial charge in [-0.05, 0) is 37.5 Å². The number of aldehydes is 1. The minimum Gasteiger partial charge on any atom is -0.465 e. The Bertz CT molecular complexity index is 887. The molecule has 1 aromatic carbocycles. The number of ether oxygens (including phenoxy) is 1. The van der Waals surface area contributed by atoms with E-state index in [2.05, 4.69) is 11.8 Å². The highest BCUT2D eigenvalue weighted by Gasteiger charge is 2.28.